The first-order valence-electron chi connectivity index (χ1n) is 46.1. The zero-order chi connectivity index (χ0) is 94.7. The molecule has 0 saturated carbocycles. The number of benzene rings is 7. The maximum Gasteiger partial charge on any atom is 0.573 e. The lowest BCUT2D eigenvalue weighted by molar-refractivity contribution is -0.274. The van der Waals surface area contributed by atoms with Gasteiger partial charge in [-0.2, -0.15) is 5.21 Å². The number of halogens is 5. The minimum Gasteiger partial charge on any atom is -0.497 e. The van der Waals surface area contributed by atoms with Crippen molar-refractivity contribution in [3.05, 3.63) is 183 Å². The highest BCUT2D eigenvalue weighted by atomic mass is 35.5. The maximum atomic E-state index is 13.2. The summed E-state index contributed by atoms with van der Waals surface area (Å²) in [5.74, 6) is 7.16. The third-order valence-electron chi connectivity index (χ3n) is 20.3. The van der Waals surface area contributed by atoms with Crippen molar-refractivity contribution >= 4 is 17.3 Å². The Balaban J connectivity index is 0.000000380. The first-order valence-corrected chi connectivity index (χ1v) is 46.4. The van der Waals surface area contributed by atoms with Crippen LogP contribution in [-0.4, -0.2) is 107 Å². The molecule has 126 heavy (non-hydrogen) atoms. The molecule has 0 spiro atoms. The number of hydrogen-bond acceptors (Lipinski definition) is 14. The van der Waals surface area contributed by atoms with Crippen molar-refractivity contribution < 1.29 is 64.9 Å². The number of anilines is 1. The second-order valence-corrected chi connectivity index (χ2v) is 39.7. The smallest absolute Gasteiger partial charge is 0.497 e. The van der Waals surface area contributed by atoms with Gasteiger partial charge in [-0.3, -0.25) is 0 Å². The molecule has 0 unspecified atom stereocenters. The Morgan fingerprint density at radius 3 is 1.10 bits per heavy atom. The summed E-state index contributed by atoms with van der Waals surface area (Å²) < 4.78 is 105. The van der Waals surface area contributed by atoms with E-state index in [1.54, 1.807) is 7.11 Å². The lowest BCUT2D eigenvalue weighted by Crippen LogP contribution is -2.36. The fraction of sp³-hybridized carbons (Fsp3) is 0.594. The van der Waals surface area contributed by atoms with Gasteiger partial charge in [-0.05, 0) is 195 Å². The van der Waals surface area contributed by atoms with Gasteiger partial charge in [0.15, 0.2) is 0 Å². The van der Waals surface area contributed by atoms with Crippen molar-refractivity contribution in [2.24, 2.45) is 0 Å². The number of alkyl halides is 3. The maximum absolute atomic E-state index is 13.2. The summed E-state index contributed by atoms with van der Waals surface area (Å²) in [6, 6.07) is 40.2. The number of aryl methyl sites for hydroxylation is 1. The molecule has 8 aromatic rings. The Bertz CT molecular complexity index is 4180. The molecule has 15 nitrogen and oxygen atoms in total. The van der Waals surface area contributed by atoms with E-state index in [-0.39, 0.29) is 49.5 Å². The topological polar surface area (TPSA) is 150 Å². The Hall–Kier alpha value is -8.42. The molecule has 9 rings (SSSR count). The predicted molar refractivity (Wildman–Crippen MR) is 518 cm³/mol. The molecule has 1 N–H and O–H groups in total. The van der Waals surface area contributed by atoms with Crippen LogP contribution in [0.3, 0.4) is 0 Å². The number of rotatable bonds is 32. The molecule has 20 heteroatoms. The van der Waals surface area contributed by atoms with Crippen LogP contribution in [0.4, 0.5) is 23.2 Å². The molecule has 1 saturated heterocycles. The quantitative estimate of drug-likeness (QED) is 0.0315. The Kier molecular flexibility index (Phi) is 48.6. The summed E-state index contributed by atoms with van der Waals surface area (Å²) in [7, 11) is 1.68. The van der Waals surface area contributed by atoms with Crippen LogP contribution in [0.1, 0.15) is 328 Å². The molecule has 1 aliphatic rings. The van der Waals surface area contributed by atoms with Crippen molar-refractivity contribution in [1.29, 1.82) is 0 Å². The van der Waals surface area contributed by atoms with Crippen LogP contribution in [0.15, 0.2) is 127 Å². The van der Waals surface area contributed by atoms with E-state index in [1.807, 2.05) is 70.2 Å². The second kappa shape index (κ2) is 54.8. The molecule has 1 fully saturated rings. The van der Waals surface area contributed by atoms with Crippen molar-refractivity contribution in [2.75, 3.05) is 84.6 Å². The zero-order valence-electron chi connectivity index (χ0n) is 83.1. The van der Waals surface area contributed by atoms with Gasteiger partial charge < -0.3 is 52.3 Å². The minimum absolute atomic E-state index is 0.0186. The van der Waals surface area contributed by atoms with E-state index < -0.39 is 6.36 Å². The highest BCUT2D eigenvalue weighted by Gasteiger charge is 2.33. The van der Waals surface area contributed by atoms with Crippen molar-refractivity contribution in [2.45, 2.75) is 335 Å². The highest BCUT2D eigenvalue weighted by molar-refractivity contribution is 6.30. The average Bonchev–Trinajstić information content (AvgIpc) is 1.71. The van der Waals surface area contributed by atoms with Gasteiger partial charge in [0, 0.05) is 53.1 Å². The van der Waals surface area contributed by atoms with Crippen molar-refractivity contribution in [3.63, 3.8) is 0 Å². The third-order valence-corrected chi connectivity index (χ3v) is 20.5. The van der Waals surface area contributed by atoms with Crippen molar-refractivity contribution in [3.8, 4) is 63.1 Å². The molecule has 7 aromatic carbocycles. The van der Waals surface area contributed by atoms with Gasteiger partial charge in [0.1, 0.15) is 57.6 Å². The number of hydrogen-bond donors (Lipinski definition) is 1. The number of ether oxygens (including phenoxy) is 10. The van der Waals surface area contributed by atoms with Crippen LogP contribution < -0.4 is 47.5 Å². The van der Waals surface area contributed by atoms with E-state index in [0.717, 1.165) is 193 Å². The van der Waals surface area contributed by atoms with E-state index in [2.05, 4.69) is 258 Å². The summed E-state index contributed by atoms with van der Waals surface area (Å²) in [5, 5.41) is 14.8. The first-order chi connectivity index (χ1) is 59.0. The molecule has 0 atom stereocenters. The van der Waals surface area contributed by atoms with Gasteiger partial charge >= 0.3 is 6.36 Å². The van der Waals surface area contributed by atoms with Gasteiger partial charge in [-0.15, -0.1) is 23.4 Å². The number of nitrogens with zero attached hydrogens (tertiary/aromatic N) is 4. The van der Waals surface area contributed by atoms with Crippen LogP contribution in [0.25, 0.3) is 11.4 Å². The van der Waals surface area contributed by atoms with E-state index >= 15 is 0 Å². The Morgan fingerprint density at radius 2 is 0.714 bits per heavy atom. The monoisotopic (exact) mass is 1780 g/mol. The van der Waals surface area contributed by atoms with E-state index in [9.17, 15) is 17.6 Å². The largest absolute Gasteiger partial charge is 0.573 e. The van der Waals surface area contributed by atoms with Crippen LogP contribution >= 0.6 is 11.6 Å². The van der Waals surface area contributed by atoms with E-state index in [0.29, 0.717) is 36.1 Å². The molecule has 706 valence electrons. The molecule has 0 aliphatic carbocycles. The molecular formula is C106H162ClF4N5O10. The lowest BCUT2D eigenvalue weighted by Gasteiger charge is -2.30. The Morgan fingerprint density at radius 1 is 0.373 bits per heavy atom. The summed E-state index contributed by atoms with van der Waals surface area (Å²) in [6.45, 7) is 70.9. The van der Waals surface area contributed by atoms with Crippen LogP contribution in [0.2, 0.25) is 5.02 Å². The number of methoxy groups -OCH3 is 1. The molecule has 2 heterocycles. The van der Waals surface area contributed by atoms with Crippen LogP contribution in [-0.2, 0) is 42.6 Å². The van der Waals surface area contributed by atoms with Crippen molar-refractivity contribution in [1.82, 2.24) is 20.6 Å². The number of tetrazole rings is 1. The number of unbranched alkanes of at least 4 members (excludes halogenated alkanes) is 7. The SMILES string of the molecule is CCCCOc1cc(-c2nn[nH]n2)ccc1C(C)(C)C.CCCCOc1cc(C)ccc1C(C)(C)C.CCCCOc1cc(Cl)ccc1C(C)(C)C.CCCCOc1cc(F)ccc1C(C)(C)C.CCCCOc1cc(N2CCOCC2)ccc1C(C)(C)C.CCCCOc1cc(OC)ccc1C(C)(C)C.CCCCOc1ccc(OC(F)(F)F)cc1C(C)(C)C. The predicted octanol–water partition coefficient (Wildman–Crippen LogP) is 30.2. The van der Waals surface area contributed by atoms with E-state index in [1.165, 1.54) is 75.8 Å². The number of morpholine rings is 1. The summed E-state index contributed by atoms with van der Waals surface area (Å²) >= 11 is 6.00. The Labute approximate surface area is 763 Å². The van der Waals surface area contributed by atoms with Gasteiger partial charge in [0.2, 0.25) is 5.82 Å². The number of aromatic amines is 1. The number of nitrogens with one attached hydrogen (secondary N) is 1. The lowest BCUT2D eigenvalue weighted by atomic mass is 9.85. The molecule has 1 aliphatic heterocycles. The summed E-state index contributed by atoms with van der Waals surface area (Å²) in [6.07, 6.45) is 10.5. The fourth-order valence-corrected chi connectivity index (χ4v) is 13.0. The van der Waals surface area contributed by atoms with Gasteiger partial charge in [0.05, 0.1) is 66.6 Å². The number of aromatic nitrogens is 4. The third kappa shape index (κ3) is 42.2. The molecule has 0 bridgehead atoms. The van der Waals surface area contributed by atoms with Gasteiger partial charge in [-0.1, -0.05) is 299 Å². The highest BCUT2D eigenvalue weighted by Crippen LogP contribution is 2.42. The van der Waals surface area contributed by atoms with Crippen LogP contribution in [0, 0.1) is 12.7 Å². The minimum atomic E-state index is -4.68. The van der Waals surface area contributed by atoms with E-state index in [4.69, 9.17) is 54.2 Å². The first kappa shape index (κ1) is 112. The molecule has 0 radical (unpaired) electrons. The van der Waals surface area contributed by atoms with Gasteiger partial charge in [-0.25, -0.2) is 4.39 Å². The summed E-state index contributed by atoms with van der Waals surface area (Å²) in [4.78, 5) is 2.38. The molecule has 0 amide bonds. The molecular weight excluding hydrogens is 1610 g/mol. The molecule has 1 aromatic heterocycles. The van der Waals surface area contributed by atoms with Gasteiger partial charge in [0.25, 0.3) is 0 Å². The second-order valence-electron chi connectivity index (χ2n) is 39.2. The number of H-pyrrole nitrogens is 1. The normalized spacial score (nSPS) is 12.4. The van der Waals surface area contributed by atoms with Crippen LogP contribution in [0.5, 0.6) is 51.7 Å². The zero-order valence-corrected chi connectivity index (χ0v) is 83.8. The fourth-order valence-electron chi connectivity index (χ4n) is 12.9. The average molecular weight is 1780 g/mol. The standard InChI is InChI=1S/C18H29NO2.C15H21F3O2.C15H22N4O.C15H24O2.C15H24O.C14H21ClO.C14H21FO/c1-5-6-11-21-17-14-15(19-9-12-20-13-10-19)7-8-16(17)18(2,3)4;1-5-6-9-19-13-8-7-11(20-15(16,17)18)10-12(13)14(2,3)4;1-5-6-9-20-13-10-11(14-16-18-19-17-14)7-8-12(13)15(2,3)4;1-6-7-10-17-14-11-12(16-5)8-9-13(14)15(2,3)4;1-6-7-10-16-14-11-12(2)8-9-13(14)15(3,4)5;2*1-5-6-9-16-13-10-11(15)7-8-12(13)14(2,3)4/h7-8,14H,5-6,9-13H2,1-4H3;7-8,10H,5-6,9H2,1-4H3;7-8,10H,5-6,9H2,1-4H3,(H,16,17,18,19);8-9,11H,6-7,10H2,1-5H3;8-9,11H,6-7,10H2,1-5H3;2*7-8,10H,5-6,9H2,1-4H3. The summed E-state index contributed by atoms with van der Waals surface area (Å²) in [5.41, 5.74) is 11.5.